The largest absolute Gasteiger partial charge is 0.472 e. The fourth-order valence-corrected chi connectivity index (χ4v) is 13.6. The summed E-state index contributed by atoms with van der Waals surface area (Å²) in [4.78, 5) is 72.4. The summed E-state index contributed by atoms with van der Waals surface area (Å²) in [6, 6.07) is 0. The van der Waals surface area contributed by atoms with Crippen LogP contribution in [0.2, 0.25) is 0 Å². The standard InChI is InChI=1S/C78H152O17P2/c1-6-10-13-16-18-20-21-22-23-24-25-26-27-28-32-35-38-41-44-48-52-57-62-76(81)89-68-74(95-78(83)64-59-54-49-45-42-39-36-33-30-29-31-34-37-40-43-46-51-55-60-71(5)9-4)70-93-97(86,87)91-66-72(79)65-90-96(84,85)92-69-73(67-88-75(80)61-56-50-15-12-8-3)94-77(82)63-58-53-47-19-17-14-11-7-2/h71-74,79H,6-70H2,1-5H3,(H,84,85)(H,86,87)/t71?,72-,73+,74+/m0/s1. The lowest BCUT2D eigenvalue weighted by atomic mass is 9.99. The summed E-state index contributed by atoms with van der Waals surface area (Å²) in [6.45, 7) is 7.24. The van der Waals surface area contributed by atoms with E-state index in [0.717, 1.165) is 109 Å². The maximum absolute atomic E-state index is 13.1. The summed E-state index contributed by atoms with van der Waals surface area (Å²) < 4.78 is 68.2. The van der Waals surface area contributed by atoms with Crippen molar-refractivity contribution in [3.63, 3.8) is 0 Å². The molecular formula is C78H152O17P2. The summed E-state index contributed by atoms with van der Waals surface area (Å²) in [7, 11) is -9.89. The van der Waals surface area contributed by atoms with Gasteiger partial charge in [0.1, 0.15) is 19.3 Å². The minimum Gasteiger partial charge on any atom is -0.462 e. The number of carbonyl (C=O) groups is 4. The number of rotatable bonds is 78. The van der Waals surface area contributed by atoms with Crippen LogP contribution in [-0.4, -0.2) is 96.7 Å². The Labute approximate surface area is 594 Å². The first-order valence-electron chi connectivity index (χ1n) is 40.7. The van der Waals surface area contributed by atoms with Gasteiger partial charge in [-0.05, 0) is 31.6 Å². The maximum atomic E-state index is 13.1. The molecule has 0 aliphatic heterocycles. The molecule has 0 aromatic heterocycles. The Balaban J connectivity index is 5.05. The van der Waals surface area contributed by atoms with E-state index < -0.39 is 97.5 Å². The third kappa shape index (κ3) is 70.9. The Morgan fingerprint density at radius 2 is 0.495 bits per heavy atom. The number of unbranched alkanes of at least 4 members (excludes halogenated alkanes) is 49. The van der Waals surface area contributed by atoms with E-state index in [2.05, 4.69) is 34.6 Å². The molecular weight excluding hydrogens is 1270 g/mol. The van der Waals surface area contributed by atoms with Crippen molar-refractivity contribution in [2.24, 2.45) is 5.92 Å². The van der Waals surface area contributed by atoms with Gasteiger partial charge in [-0.25, -0.2) is 9.13 Å². The molecule has 0 aromatic rings. The van der Waals surface area contributed by atoms with Crippen LogP contribution in [0.15, 0.2) is 0 Å². The molecule has 0 saturated heterocycles. The quantitative estimate of drug-likeness (QED) is 0.0222. The van der Waals surface area contributed by atoms with Gasteiger partial charge in [-0.1, -0.05) is 362 Å². The molecule has 3 unspecified atom stereocenters. The van der Waals surface area contributed by atoms with Crippen LogP contribution >= 0.6 is 15.6 Å². The molecule has 0 fully saturated rings. The highest BCUT2D eigenvalue weighted by Crippen LogP contribution is 2.45. The minimum absolute atomic E-state index is 0.104. The molecule has 0 aromatic carbocycles. The second-order valence-corrected chi connectivity index (χ2v) is 31.3. The van der Waals surface area contributed by atoms with Gasteiger partial charge in [0.2, 0.25) is 0 Å². The molecule has 0 amide bonds. The highest BCUT2D eigenvalue weighted by Gasteiger charge is 2.30. The number of hydrogen-bond donors (Lipinski definition) is 3. The van der Waals surface area contributed by atoms with Crippen molar-refractivity contribution in [3.05, 3.63) is 0 Å². The van der Waals surface area contributed by atoms with Crippen molar-refractivity contribution in [1.82, 2.24) is 0 Å². The van der Waals surface area contributed by atoms with Crippen LogP contribution in [0.1, 0.15) is 413 Å². The lowest BCUT2D eigenvalue weighted by Crippen LogP contribution is -2.30. The van der Waals surface area contributed by atoms with E-state index in [1.54, 1.807) is 0 Å². The van der Waals surface area contributed by atoms with Gasteiger partial charge >= 0.3 is 39.5 Å². The normalized spacial score (nSPS) is 14.2. The molecule has 0 bridgehead atoms. The average Bonchev–Trinajstić information content (AvgIpc) is 1.48. The second-order valence-electron chi connectivity index (χ2n) is 28.3. The van der Waals surface area contributed by atoms with E-state index >= 15 is 0 Å². The third-order valence-electron chi connectivity index (χ3n) is 18.6. The van der Waals surface area contributed by atoms with E-state index in [1.807, 2.05) is 0 Å². The third-order valence-corrected chi connectivity index (χ3v) is 20.5. The number of aliphatic hydroxyl groups excluding tert-OH is 1. The van der Waals surface area contributed by atoms with Crippen molar-refractivity contribution >= 4 is 39.5 Å². The number of carbonyl (C=O) groups excluding carboxylic acids is 4. The zero-order valence-electron chi connectivity index (χ0n) is 63.2. The number of ether oxygens (including phenoxy) is 4. The van der Waals surface area contributed by atoms with Crippen LogP contribution in [0, 0.1) is 5.92 Å². The molecule has 6 atom stereocenters. The van der Waals surface area contributed by atoms with E-state index in [-0.39, 0.29) is 25.7 Å². The van der Waals surface area contributed by atoms with Crippen LogP contribution in [0.5, 0.6) is 0 Å². The van der Waals surface area contributed by atoms with Gasteiger partial charge in [0, 0.05) is 25.7 Å². The topological polar surface area (TPSA) is 237 Å². The van der Waals surface area contributed by atoms with E-state index in [0.29, 0.717) is 25.7 Å². The minimum atomic E-state index is -4.96. The van der Waals surface area contributed by atoms with Crippen LogP contribution in [-0.2, 0) is 65.4 Å². The van der Waals surface area contributed by atoms with Gasteiger partial charge in [-0.2, -0.15) is 0 Å². The number of hydrogen-bond acceptors (Lipinski definition) is 15. The summed E-state index contributed by atoms with van der Waals surface area (Å²) in [5, 5.41) is 10.6. The second kappa shape index (κ2) is 71.1. The van der Waals surface area contributed by atoms with Crippen molar-refractivity contribution in [1.29, 1.82) is 0 Å². The summed E-state index contributed by atoms with van der Waals surface area (Å²) in [5.41, 5.74) is 0. The van der Waals surface area contributed by atoms with Crippen LogP contribution < -0.4 is 0 Å². The fourth-order valence-electron chi connectivity index (χ4n) is 12.0. The first kappa shape index (κ1) is 95.1. The maximum Gasteiger partial charge on any atom is 0.472 e. The smallest absolute Gasteiger partial charge is 0.462 e. The SMILES string of the molecule is CCCCCCCCCCCCCCCCCCCCCCCCC(=O)OC[C@H](COP(=O)(O)OC[C@@H](O)COP(=O)(O)OC[C@@H](COC(=O)CCCCCCC)OC(=O)CCCCCCCCCC)OC(=O)CCCCCCCCCCCCCCCCCCCCC(C)CC. The van der Waals surface area contributed by atoms with Crippen molar-refractivity contribution in [3.8, 4) is 0 Å². The fraction of sp³-hybridized carbons (Fsp3) is 0.949. The Bertz CT molecular complexity index is 1860. The number of esters is 4. The predicted molar refractivity (Wildman–Crippen MR) is 395 cm³/mol. The number of phosphoric ester groups is 2. The Morgan fingerprint density at radius 1 is 0.289 bits per heavy atom. The van der Waals surface area contributed by atoms with Crippen molar-refractivity contribution < 1.29 is 80.2 Å². The van der Waals surface area contributed by atoms with Crippen LogP contribution in [0.25, 0.3) is 0 Å². The van der Waals surface area contributed by atoms with Gasteiger partial charge in [0.25, 0.3) is 0 Å². The van der Waals surface area contributed by atoms with Gasteiger partial charge in [-0.15, -0.1) is 0 Å². The van der Waals surface area contributed by atoms with Gasteiger partial charge in [-0.3, -0.25) is 37.3 Å². The molecule has 0 rings (SSSR count). The summed E-state index contributed by atoms with van der Waals surface area (Å²) in [5.74, 6) is -1.26. The number of phosphoric acid groups is 2. The predicted octanol–water partition coefficient (Wildman–Crippen LogP) is 23.3. The van der Waals surface area contributed by atoms with Crippen molar-refractivity contribution in [2.75, 3.05) is 39.6 Å². The zero-order valence-corrected chi connectivity index (χ0v) is 65.0. The monoisotopic (exact) mass is 1420 g/mol. The lowest BCUT2D eigenvalue weighted by Gasteiger charge is -2.21. The molecule has 3 N–H and O–H groups in total. The molecule has 0 aliphatic rings. The first-order chi connectivity index (χ1) is 47.1. The molecule has 0 saturated carbocycles. The average molecular weight is 1420 g/mol. The van der Waals surface area contributed by atoms with E-state index in [1.165, 1.54) is 225 Å². The Hall–Kier alpha value is -1.94. The summed E-state index contributed by atoms with van der Waals surface area (Å²) >= 11 is 0. The first-order valence-corrected chi connectivity index (χ1v) is 43.7. The van der Waals surface area contributed by atoms with E-state index in [4.69, 9.17) is 37.0 Å². The Morgan fingerprint density at radius 3 is 0.732 bits per heavy atom. The molecule has 97 heavy (non-hydrogen) atoms. The van der Waals surface area contributed by atoms with Crippen LogP contribution in [0.3, 0.4) is 0 Å². The highest BCUT2D eigenvalue weighted by molar-refractivity contribution is 7.47. The molecule has 0 spiro atoms. The Kier molecular flexibility index (Phi) is 69.6. The molecule has 17 nitrogen and oxygen atoms in total. The lowest BCUT2D eigenvalue weighted by molar-refractivity contribution is -0.161. The molecule has 576 valence electrons. The molecule has 0 heterocycles. The summed E-state index contributed by atoms with van der Waals surface area (Å²) in [6.07, 6.45) is 61.9. The van der Waals surface area contributed by atoms with Gasteiger partial charge in [0.05, 0.1) is 26.4 Å². The van der Waals surface area contributed by atoms with E-state index in [9.17, 15) is 43.2 Å². The molecule has 19 heteroatoms. The van der Waals surface area contributed by atoms with Gasteiger partial charge < -0.3 is 33.8 Å². The highest BCUT2D eigenvalue weighted by atomic mass is 31.2. The zero-order chi connectivity index (χ0) is 71.2. The molecule has 0 aliphatic carbocycles. The molecule has 0 radical (unpaired) electrons. The van der Waals surface area contributed by atoms with Gasteiger partial charge in [0.15, 0.2) is 12.2 Å². The van der Waals surface area contributed by atoms with Crippen molar-refractivity contribution in [2.45, 2.75) is 432 Å². The number of aliphatic hydroxyl groups is 1. The van der Waals surface area contributed by atoms with Crippen LogP contribution in [0.4, 0.5) is 0 Å².